The van der Waals surface area contributed by atoms with Crippen molar-refractivity contribution < 1.29 is 13.7 Å². The van der Waals surface area contributed by atoms with Gasteiger partial charge < -0.3 is 9.42 Å². The number of aromatic nitrogens is 1. The summed E-state index contributed by atoms with van der Waals surface area (Å²) in [6.07, 6.45) is 4.02. The Morgan fingerprint density at radius 2 is 2.04 bits per heavy atom. The Hall–Kier alpha value is -2.47. The zero-order valence-electron chi connectivity index (χ0n) is 14.2. The van der Waals surface area contributed by atoms with E-state index in [0.29, 0.717) is 5.76 Å². The molecule has 0 N–H and O–H groups in total. The molecule has 1 aromatic carbocycles. The van der Waals surface area contributed by atoms with Crippen molar-refractivity contribution in [2.24, 2.45) is 0 Å². The zero-order valence-corrected chi connectivity index (χ0v) is 15.0. The third-order valence-corrected chi connectivity index (χ3v) is 5.60. The summed E-state index contributed by atoms with van der Waals surface area (Å²) in [5.41, 5.74) is 1.53. The van der Waals surface area contributed by atoms with Gasteiger partial charge in [0.25, 0.3) is 5.91 Å². The van der Waals surface area contributed by atoms with Crippen molar-refractivity contribution in [3.8, 4) is 11.3 Å². The fourth-order valence-corrected chi connectivity index (χ4v) is 4.08. The molecule has 1 aliphatic heterocycles. The number of hydrogen-bond donors (Lipinski definition) is 0. The fraction of sp³-hybridized carbons (Fsp3) is 0.300. The summed E-state index contributed by atoms with van der Waals surface area (Å²) in [7, 11) is 0. The van der Waals surface area contributed by atoms with Gasteiger partial charge in [0.2, 0.25) is 0 Å². The summed E-state index contributed by atoms with van der Waals surface area (Å²) in [4.78, 5) is 15.6. The predicted octanol–water partition coefficient (Wildman–Crippen LogP) is 5.30. The quantitative estimate of drug-likeness (QED) is 0.628. The van der Waals surface area contributed by atoms with Crippen LogP contribution in [0.3, 0.4) is 0 Å². The van der Waals surface area contributed by atoms with Gasteiger partial charge in [-0.3, -0.25) is 4.79 Å². The monoisotopic (exact) mass is 370 g/mol. The predicted molar refractivity (Wildman–Crippen MR) is 98.5 cm³/mol. The Labute approximate surface area is 155 Å². The highest BCUT2D eigenvalue weighted by atomic mass is 32.1. The number of carbonyl (C=O) groups excluding carboxylic acids is 1. The van der Waals surface area contributed by atoms with Gasteiger partial charge in [-0.25, -0.2) is 4.39 Å². The van der Waals surface area contributed by atoms with Gasteiger partial charge >= 0.3 is 0 Å². The van der Waals surface area contributed by atoms with Crippen LogP contribution in [0.2, 0.25) is 0 Å². The number of carbonyl (C=O) groups is 1. The largest absolute Gasteiger partial charge is 0.356 e. The van der Waals surface area contributed by atoms with Crippen molar-refractivity contribution in [2.75, 3.05) is 6.54 Å². The lowest BCUT2D eigenvalue weighted by molar-refractivity contribution is 0.0679. The maximum absolute atomic E-state index is 13.1. The molecule has 6 heteroatoms. The molecular weight excluding hydrogens is 351 g/mol. The minimum absolute atomic E-state index is 0.0539. The van der Waals surface area contributed by atoms with Crippen LogP contribution in [0.15, 0.2) is 52.4 Å². The lowest BCUT2D eigenvalue weighted by Gasteiger charge is -2.28. The minimum Gasteiger partial charge on any atom is -0.356 e. The third-order valence-electron chi connectivity index (χ3n) is 4.74. The molecule has 0 unspecified atom stereocenters. The van der Waals surface area contributed by atoms with Gasteiger partial charge in [0.15, 0.2) is 5.76 Å². The van der Waals surface area contributed by atoms with Crippen LogP contribution in [-0.4, -0.2) is 22.5 Å². The normalized spacial score (nSPS) is 17.9. The van der Waals surface area contributed by atoms with Crippen LogP contribution >= 0.6 is 11.3 Å². The molecule has 26 heavy (non-hydrogen) atoms. The SMILES string of the molecule is O=C(c1cccs1)N1CCCCC[C@@H]1c1cc(-c2ccc(F)cc2)on1. The van der Waals surface area contributed by atoms with Crippen LogP contribution in [0.1, 0.15) is 47.1 Å². The second kappa shape index (κ2) is 7.41. The summed E-state index contributed by atoms with van der Waals surface area (Å²) in [5, 5.41) is 6.15. The van der Waals surface area contributed by atoms with Crippen molar-refractivity contribution in [1.82, 2.24) is 10.1 Å². The lowest BCUT2D eigenvalue weighted by atomic mass is 10.0. The summed E-state index contributed by atoms with van der Waals surface area (Å²) < 4.78 is 18.6. The van der Waals surface area contributed by atoms with Gasteiger partial charge in [0.05, 0.1) is 10.9 Å². The molecule has 0 saturated carbocycles. The van der Waals surface area contributed by atoms with Gasteiger partial charge in [-0.05, 0) is 48.6 Å². The third kappa shape index (κ3) is 3.42. The summed E-state index contributed by atoms with van der Waals surface area (Å²) >= 11 is 1.46. The Morgan fingerprint density at radius 3 is 2.81 bits per heavy atom. The van der Waals surface area contributed by atoms with Crippen molar-refractivity contribution in [2.45, 2.75) is 31.7 Å². The molecule has 1 saturated heterocycles. The standard InChI is InChI=1S/C20H19FN2O2S/c21-15-9-7-14(8-10-15)18-13-16(22-25-18)17-5-2-1-3-11-23(17)20(24)19-6-4-12-26-19/h4,6-10,12-13,17H,1-3,5,11H2/t17-/m1/s1. The van der Waals surface area contributed by atoms with E-state index in [1.54, 1.807) is 12.1 Å². The average Bonchev–Trinajstić information content (AvgIpc) is 3.30. The molecule has 3 heterocycles. The minimum atomic E-state index is -0.287. The van der Waals surface area contributed by atoms with Crippen molar-refractivity contribution >= 4 is 17.2 Å². The highest BCUT2D eigenvalue weighted by Gasteiger charge is 2.30. The summed E-state index contributed by atoms with van der Waals surface area (Å²) in [5.74, 6) is 0.357. The molecule has 1 amide bonds. The maximum Gasteiger partial charge on any atom is 0.264 e. The maximum atomic E-state index is 13.1. The van der Waals surface area contributed by atoms with E-state index in [0.717, 1.165) is 48.4 Å². The van der Waals surface area contributed by atoms with Gasteiger partial charge in [-0.15, -0.1) is 11.3 Å². The van der Waals surface area contributed by atoms with Crippen LogP contribution < -0.4 is 0 Å². The van der Waals surface area contributed by atoms with Gasteiger partial charge in [0, 0.05) is 18.2 Å². The van der Waals surface area contributed by atoms with Crippen LogP contribution in [0.25, 0.3) is 11.3 Å². The Balaban J connectivity index is 1.63. The number of nitrogens with zero attached hydrogens (tertiary/aromatic N) is 2. The molecule has 0 aliphatic carbocycles. The van der Waals surface area contributed by atoms with Gasteiger partial charge in [0.1, 0.15) is 11.5 Å². The van der Waals surface area contributed by atoms with E-state index < -0.39 is 0 Å². The number of thiophene rings is 1. The van der Waals surface area contributed by atoms with Crippen LogP contribution in [0, 0.1) is 5.82 Å². The summed E-state index contributed by atoms with van der Waals surface area (Å²) in [6, 6.07) is 11.7. The first-order valence-corrected chi connectivity index (χ1v) is 9.67. The molecule has 1 aliphatic rings. The van der Waals surface area contributed by atoms with E-state index >= 15 is 0 Å². The summed E-state index contributed by atoms with van der Waals surface area (Å²) in [6.45, 7) is 0.722. The molecule has 4 nitrogen and oxygen atoms in total. The molecule has 1 atom stereocenters. The molecular formula is C20H19FN2O2S. The number of amides is 1. The van der Waals surface area contributed by atoms with E-state index in [1.165, 1.54) is 23.5 Å². The number of benzene rings is 1. The molecule has 0 bridgehead atoms. The molecule has 0 radical (unpaired) electrons. The Morgan fingerprint density at radius 1 is 1.19 bits per heavy atom. The first kappa shape index (κ1) is 17.0. The highest BCUT2D eigenvalue weighted by molar-refractivity contribution is 7.12. The van der Waals surface area contributed by atoms with E-state index in [4.69, 9.17) is 4.52 Å². The van der Waals surface area contributed by atoms with Crippen LogP contribution in [-0.2, 0) is 0 Å². The second-order valence-electron chi connectivity index (χ2n) is 6.46. The van der Waals surface area contributed by atoms with E-state index in [2.05, 4.69) is 5.16 Å². The van der Waals surface area contributed by atoms with Crippen molar-refractivity contribution in [3.05, 3.63) is 64.2 Å². The molecule has 134 valence electrons. The number of halogens is 1. The first-order chi connectivity index (χ1) is 12.7. The molecule has 4 rings (SSSR count). The number of hydrogen-bond acceptors (Lipinski definition) is 4. The van der Waals surface area contributed by atoms with Crippen LogP contribution in [0.4, 0.5) is 4.39 Å². The smallest absolute Gasteiger partial charge is 0.264 e. The van der Waals surface area contributed by atoms with E-state index in [-0.39, 0.29) is 17.8 Å². The fourth-order valence-electron chi connectivity index (χ4n) is 3.40. The van der Waals surface area contributed by atoms with E-state index in [1.807, 2.05) is 28.5 Å². The number of rotatable bonds is 3. The Bertz CT molecular complexity index is 874. The topological polar surface area (TPSA) is 46.3 Å². The zero-order chi connectivity index (χ0) is 17.9. The van der Waals surface area contributed by atoms with Gasteiger partial charge in [-0.2, -0.15) is 0 Å². The second-order valence-corrected chi connectivity index (χ2v) is 7.41. The van der Waals surface area contributed by atoms with Crippen LogP contribution in [0.5, 0.6) is 0 Å². The Kier molecular flexibility index (Phi) is 4.84. The van der Waals surface area contributed by atoms with E-state index in [9.17, 15) is 9.18 Å². The van der Waals surface area contributed by atoms with Crippen molar-refractivity contribution in [3.63, 3.8) is 0 Å². The highest BCUT2D eigenvalue weighted by Crippen LogP contribution is 2.33. The lowest BCUT2D eigenvalue weighted by Crippen LogP contribution is -2.34. The number of likely N-dealkylation sites (tertiary alicyclic amines) is 1. The van der Waals surface area contributed by atoms with Crippen molar-refractivity contribution in [1.29, 1.82) is 0 Å². The first-order valence-electron chi connectivity index (χ1n) is 8.79. The molecule has 3 aromatic rings. The average molecular weight is 370 g/mol. The molecule has 0 spiro atoms. The van der Waals surface area contributed by atoms with Gasteiger partial charge in [-0.1, -0.05) is 24.1 Å². The molecule has 1 fully saturated rings. The molecule has 2 aromatic heterocycles.